The third kappa shape index (κ3) is 2.40. The lowest BCUT2D eigenvalue weighted by Crippen LogP contribution is -2.37. The summed E-state index contributed by atoms with van der Waals surface area (Å²) in [6.07, 6.45) is 1.29. The number of piperidine rings is 1. The first kappa shape index (κ1) is 11.9. The van der Waals surface area contributed by atoms with E-state index in [1.165, 1.54) is 0 Å². The second-order valence-electron chi connectivity index (χ2n) is 4.61. The van der Waals surface area contributed by atoms with Gasteiger partial charge in [-0.15, -0.1) is 0 Å². The lowest BCUT2D eigenvalue weighted by Gasteiger charge is -2.31. The molecule has 1 fully saturated rings. The third-order valence-corrected chi connectivity index (χ3v) is 3.20. The van der Waals surface area contributed by atoms with Crippen LogP contribution in [0.2, 0.25) is 0 Å². The molecule has 0 amide bonds. The van der Waals surface area contributed by atoms with Crippen molar-refractivity contribution in [1.29, 1.82) is 5.26 Å². The van der Waals surface area contributed by atoms with Crippen LogP contribution < -0.4 is 4.90 Å². The molecule has 0 aliphatic carbocycles. The summed E-state index contributed by atoms with van der Waals surface area (Å²) in [5.41, 5.74) is 2.57. The van der Waals surface area contributed by atoms with Crippen molar-refractivity contribution < 1.29 is 5.11 Å². The van der Waals surface area contributed by atoms with E-state index >= 15 is 0 Å². The van der Waals surface area contributed by atoms with Crippen LogP contribution >= 0.6 is 0 Å². The van der Waals surface area contributed by atoms with Crippen LogP contribution in [0.1, 0.15) is 29.7 Å². The fourth-order valence-corrected chi connectivity index (χ4v) is 2.26. The van der Waals surface area contributed by atoms with Crippen LogP contribution in [0.15, 0.2) is 6.07 Å². The van der Waals surface area contributed by atoms with Crippen LogP contribution in [0.25, 0.3) is 0 Å². The molecule has 1 N–H and O–H groups in total. The topological polar surface area (TPSA) is 60.2 Å². The zero-order valence-corrected chi connectivity index (χ0v) is 10.3. The number of aryl methyl sites for hydroxylation is 2. The fraction of sp³-hybridized carbons (Fsp3) is 0.538. The van der Waals surface area contributed by atoms with E-state index in [0.29, 0.717) is 5.56 Å². The summed E-state index contributed by atoms with van der Waals surface area (Å²) < 4.78 is 0. The maximum Gasteiger partial charge on any atom is 0.147 e. The monoisotopic (exact) mass is 231 g/mol. The number of aliphatic hydroxyl groups excluding tert-OH is 1. The normalized spacial score (nSPS) is 16.9. The summed E-state index contributed by atoms with van der Waals surface area (Å²) in [5, 5.41) is 18.7. The van der Waals surface area contributed by atoms with E-state index in [1.54, 1.807) is 0 Å². The Morgan fingerprint density at radius 1 is 1.41 bits per heavy atom. The number of nitriles is 1. The Morgan fingerprint density at radius 3 is 2.65 bits per heavy atom. The van der Waals surface area contributed by atoms with E-state index in [0.717, 1.165) is 43.0 Å². The number of hydrogen-bond donors (Lipinski definition) is 1. The Kier molecular flexibility index (Phi) is 3.30. The number of nitrogens with zero attached hydrogens (tertiary/aromatic N) is 3. The van der Waals surface area contributed by atoms with Gasteiger partial charge in [0.1, 0.15) is 11.9 Å². The van der Waals surface area contributed by atoms with Gasteiger partial charge in [-0.25, -0.2) is 4.98 Å². The molecule has 0 spiro atoms. The van der Waals surface area contributed by atoms with Crippen molar-refractivity contribution in [3.8, 4) is 6.07 Å². The zero-order chi connectivity index (χ0) is 12.4. The highest BCUT2D eigenvalue weighted by Gasteiger charge is 2.21. The van der Waals surface area contributed by atoms with Crippen LogP contribution in [-0.4, -0.2) is 29.3 Å². The minimum Gasteiger partial charge on any atom is -0.393 e. The van der Waals surface area contributed by atoms with Gasteiger partial charge in [-0.3, -0.25) is 0 Å². The second-order valence-corrected chi connectivity index (χ2v) is 4.61. The molecule has 0 saturated carbocycles. The Hall–Kier alpha value is -1.60. The predicted octanol–water partition coefficient (Wildman–Crippen LogP) is 1.53. The molecule has 1 aliphatic heterocycles. The largest absolute Gasteiger partial charge is 0.393 e. The van der Waals surface area contributed by atoms with Crippen LogP contribution in [0.5, 0.6) is 0 Å². The van der Waals surface area contributed by atoms with Gasteiger partial charge in [-0.1, -0.05) is 0 Å². The van der Waals surface area contributed by atoms with Crippen LogP contribution in [-0.2, 0) is 0 Å². The predicted molar refractivity (Wildman–Crippen MR) is 65.9 cm³/mol. The van der Waals surface area contributed by atoms with Gasteiger partial charge in [0.05, 0.1) is 11.7 Å². The summed E-state index contributed by atoms with van der Waals surface area (Å²) in [6.45, 7) is 5.42. The second kappa shape index (κ2) is 4.72. The lowest BCUT2D eigenvalue weighted by atomic mass is 10.1. The number of aliphatic hydroxyl groups is 1. The number of rotatable bonds is 1. The molecule has 0 unspecified atom stereocenters. The molecule has 0 atom stereocenters. The average molecular weight is 231 g/mol. The van der Waals surface area contributed by atoms with Gasteiger partial charge in [-0.2, -0.15) is 5.26 Å². The molecule has 1 aromatic heterocycles. The van der Waals surface area contributed by atoms with E-state index in [4.69, 9.17) is 0 Å². The molecule has 0 radical (unpaired) electrons. The fourth-order valence-electron chi connectivity index (χ4n) is 2.26. The molecule has 4 nitrogen and oxygen atoms in total. The Bertz CT molecular complexity index is 456. The van der Waals surface area contributed by atoms with Gasteiger partial charge in [0.2, 0.25) is 0 Å². The number of hydrogen-bond acceptors (Lipinski definition) is 4. The molecule has 1 saturated heterocycles. The SMILES string of the molecule is Cc1cc(C)c(C#N)c(N2CCC(O)CC2)n1. The smallest absolute Gasteiger partial charge is 0.147 e. The number of pyridine rings is 1. The molecule has 2 heterocycles. The van der Waals surface area contributed by atoms with E-state index in [-0.39, 0.29) is 6.10 Å². The van der Waals surface area contributed by atoms with E-state index in [2.05, 4.69) is 16.0 Å². The molecule has 17 heavy (non-hydrogen) atoms. The minimum atomic E-state index is -0.206. The maximum absolute atomic E-state index is 9.50. The van der Waals surface area contributed by atoms with Gasteiger partial charge in [-0.05, 0) is 38.3 Å². The van der Waals surface area contributed by atoms with Crippen molar-refractivity contribution >= 4 is 5.82 Å². The van der Waals surface area contributed by atoms with Crippen molar-refractivity contribution in [3.05, 3.63) is 22.9 Å². The Morgan fingerprint density at radius 2 is 2.06 bits per heavy atom. The molecule has 4 heteroatoms. The number of aromatic nitrogens is 1. The van der Waals surface area contributed by atoms with Crippen LogP contribution in [0.3, 0.4) is 0 Å². The van der Waals surface area contributed by atoms with Gasteiger partial charge in [0.25, 0.3) is 0 Å². The van der Waals surface area contributed by atoms with Gasteiger partial charge in [0.15, 0.2) is 0 Å². The van der Waals surface area contributed by atoms with Crippen molar-refractivity contribution in [2.75, 3.05) is 18.0 Å². The number of anilines is 1. The quantitative estimate of drug-likeness (QED) is 0.796. The first-order valence-corrected chi connectivity index (χ1v) is 5.93. The maximum atomic E-state index is 9.50. The molecular weight excluding hydrogens is 214 g/mol. The summed E-state index contributed by atoms with van der Waals surface area (Å²) in [4.78, 5) is 6.58. The standard InChI is InChI=1S/C13H17N3O/c1-9-7-10(2)15-13(12(9)8-14)16-5-3-11(17)4-6-16/h7,11,17H,3-6H2,1-2H3. The summed E-state index contributed by atoms with van der Waals surface area (Å²) in [6, 6.07) is 4.16. The lowest BCUT2D eigenvalue weighted by molar-refractivity contribution is 0.145. The van der Waals surface area contributed by atoms with Gasteiger partial charge in [0, 0.05) is 18.8 Å². The first-order valence-electron chi connectivity index (χ1n) is 5.93. The van der Waals surface area contributed by atoms with Crippen LogP contribution in [0.4, 0.5) is 5.82 Å². The van der Waals surface area contributed by atoms with Crippen LogP contribution in [0, 0.1) is 25.2 Å². The minimum absolute atomic E-state index is 0.206. The Labute approximate surface area is 102 Å². The molecule has 90 valence electrons. The summed E-state index contributed by atoms with van der Waals surface area (Å²) in [5.74, 6) is 0.775. The molecule has 1 aliphatic rings. The summed E-state index contributed by atoms with van der Waals surface area (Å²) in [7, 11) is 0. The van der Waals surface area contributed by atoms with Crippen molar-refractivity contribution in [2.24, 2.45) is 0 Å². The highest BCUT2D eigenvalue weighted by Crippen LogP contribution is 2.24. The van der Waals surface area contributed by atoms with E-state index in [1.807, 2.05) is 19.9 Å². The van der Waals surface area contributed by atoms with Crippen molar-refractivity contribution in [2.45, 2.75) is 32.8 Å². The zero-order valence-electron chi connectivity index (χ0n) is 10.3. The van der Waals surface area contributed by atoms with Crippen molar-refractivity contribution in [1.82, 2.24) is 4.98 Å². The highest BCUT2D eigenvalue weighted by molar-refractivity contribution is 5.58. The summed E-state index contributed by atoms with van der Waals surface area (Å²) >= 11 is 0. The Balaban J connectivity index is 2.35. The molecular formula is C13H17N3O. The van der Waals surface area contributed by atoms with Gasteiger partial charge < -0.3 is 10.0 Å². The third-order valence-electron chi connectivity index (χ3n) is 3.20. The highest BCUT2D eigenvalue weighted by atomic mass is 16.3. The van der Waals surface area contributed by atoms with E-state index in [9.17, 15) is 10.4 Å². The molecule has 2 rings (SSSR count). The molecule has 0 bridgehead atoms. The van der Waals surface area contributed by atoms with Gasteiger partial charge >= 0.3 is 0 Å². The first-order chi connectivity index (χ1) is 8.11. The average Bonchev–Trinajstić information content (AvgIpc) is 2.29. The van der Waals surface area contributed by atoms with E-state index < -0.39 is 0 Å². The molecule has 1 aromatic rings. The van der Waals surface area contributed by atoms with Crippen molar-refractivity contribution in [3.63, 3.8) is 0 Å². The molecule has 0 aromatic carbocycles.